The zero-order chi connectivity index (χ0) is 13.7. The molecule has 0 saturated carbocycles. The van der Waals surface area contributed by atoms with E-state index < -0.39 is 0 Å². The summed E-state index contributed by atoms with van der Waals surface area (Å²) in [5.41, 5.74) is 0. The van der Waals surface area contributed by atoms with Gasteiger partial charge in [0, 0.05) is 31.5 Å². The van der Waals surface area contributed by atoms with Crippen molar-refractivity contribution in [2.45, 2.75) is 26.4 Å². The van der Waals surface area contributed by atoms with Crippen LogP contribution in [0.15, 0.2) is 18.7 Å². The third-order valence-corrected chi connectivity index (χ3v) is 3.25. The Bertz CT molecular complexity index is 523. The van der Waals surface area contributed by atoms with Gasteiger partial charge in [-0.15, -0.1) is 10.2 Å². The number of rotatable bonds is 6. The Morgan fingerprint density at radius 1 is 1.53 bits per heavy atom. The van der Waals surface area contributed by atoms with Gasteiger partial charge >= 0.3 is 0 Å². The fourth-order valence-electron chi connectivity index (χ4n) is 1.58. The van der Waals surface area contributed by atoms with Crippen LogP contribution in [0.1, 0.15) is 23.6 Å². The molecule has 0 radical (unpaired) electrons. The number of carbonyl (C=O) groups is 1. The van der Waals surface area contributed by atoms with E-state index in [-0.39, 0.29) is 11.9 Å². The second-order valence-electron chi connectivity index (χ2n) is 4.08. The van der Waals surface area contributed by atoms with Crippen LogP contribution in [0.5, 0.6) is 0 Å². The molecule has 19 heavy (non-hydrogen) atoms. The molecule has 2 aromatic heterocycles. The molecule has 0 bridgehead atoms. The van der Waals surface area contributed by atoms with Crippen LogP contribution in [0.2, 0.25) is 0 Å². The number of imidazole rings is 1. The summed E-state index contributed by atoms with van der Waals surface area (Å²) in [5, 5.41) is 14.7. The van der Waals surface area contributed by atoms with E-state index in [4.69, 9.17) is 0 Å². The second-order valence-corrected chi connectivity index (χ2v) is 5.05. The molecular formula is C11H16N6OS. The van der Waals surface area contributed by atoms with Gasteiger partial charge in [-0.3, -0.25) is 4.79 Å². The maximum atomic E-state index is 11.9. The van der Waals surface area contributed by atoms with Crippen LogP contribution in [0.4, 0.5) is 5.13 Å². The van der Waals surface area contributed by atoms with Crippen molar-refractivity contribution in [2.24, 2.45) is 0 Å². The van der Waals surface area contributed by atoms with E-state index in [1.807, 2.05) is 24.6 Å². The molecule has 0 aliphatic carbocycles. The Balaban J connectivity index is 1.88. The molecule has 8 heteroatoms. The number of hydrogen-bond donors (Lipinski definition) is 2. The standard InChI is InChI=1S/C11H16N6OS/c1-3-13-11-16-15-10(19-11)9(18)14-8(2)6-17-5-4-12-7-17/h4-5,7-8H,3,6H2,1-2H3,(H,13,16)(H,14,18). The number of nitrogens with zero attached hydrogens (tertiary/aromatic N) is 4. The fraction of sp³-hybridized carbons (Fsp3) is 0.455. The molecule has 0 fully saturated rings. The van der Waals surface area contributed by atoms with E-state index in [1.54, 1.807) is 12.5 Å². The van der Waals surface area contributed by atoms with Crippen LogP contribution < -0.4 is 10.6 Å². The van der Waals surface area contributed by atoms with E-state index in [0.29, 0.717) is 16.7 Å². The molecule has 2 N–H and O–H groups in total. The normalized spacial score (nSPS) is 12.1. The first-order valence-electron chi connectivity index (χ1n) is 6.03. The largest absolute Gasteiger partial charge is 0.360 e. The van der Waals surface area contributed by atoms with E-state index in [0.717, 1.165) is 6.54 Å². The predicted molar refractivity (Wildman–Crippen MR) is 73.2 cm³/mol. The summed E-state index contributed by atoms with van der Waals surface area (Å²) in [7, 11) is 0. The van der Waals surface area contributed by atoms with E-state index in [2.05, 4.69) is 25.8 Å². The van der Waals surface area contributed by atoms with Crippen LogP contribution in [0.3, 0.4) is 0 Å². The smallest absolute Gasteiger partial charge is 0.282 e. The van der Waals surface area contributed by atoms with Gasteiger partial charge in [0.2, 0.25) is 10.1 Å². The summed E-state index contributed by atoms with van der Waals surface area (Å²) in [6.45, 7) is 5.33. The van der Waals surface area contributed by atoms with Gasteiger partial charge in [0.1, 0.15) is 0 Å². The zero-order valence-electron chi connectivity index (χ0n) is 10.8. The molecule has 0 saturated heterocycles. The summed E-state index contributed by atoms with van der Waals surface area (Å²) >= 11 is 1.25. The molecule has 7 nitrogen and oxygen atoms in total. The number of carbonyl (C=O) groups excluding carboxylic acids is 1. The summed E-state index contributed by atoms with van der Waals surface area (Å²) in [6, 6.07) is -0.00631. The van der Waals surface area contributed by atoms with Gasteiger partial charge < -0.3 is 15.2 Å². The maximum absolute atomic E-state index is 11.9. The highest BCUT2D eigenvalue weighted by atomic mass is 32.1. The average Bonchev–Trinajstić information content (AvgIpc) is 3.00. The van der Waals surface area contributed by atoms with Gasteiger partial charge in [0.25, 0.3) is 5.91 Å². The minimum atomic E-state index is -0.200. The quantitative estimate of drug-likeness (QED) is 0.824. The molecule has 102 valence electrons. The van der Waals surface area contributed by atoms with Crippen molar-refractivity contribution in [3.63, 3.8) is 0 Å². The average molecular weight is 280 g/mol. The SMILES string of the molecule is CCNc1nnc(C(=O)NC(C)Cn2ccnc2)s1. The lowest BCUT2D eigenvalue weighted by atomic mass is 10.3. The first kappa shape index (κ1) is 13.5. The molecule has 2 aromatic rings. The van der Waals surface area contributed by atoms with Crippen LogP contribution >= 0.6 is 11.3 Å². The zero-order valence-corrected chi connectivity index (χ0v) is 11.6. The Kier molecular flexibility index (Phi) is 4.45. The molecule has 2 heterocycles. The minimum absolute atomic E-state index is 0.00631. The summed E-state index contributed by atoms with van der Waals surface area (Å²) in [5.74, 6) is -0.200. The minimum Gasteiger partial charge on any atom is -0.360 e. The molecule has 0 aliphatic rings. The Morgan fingerprint density at radius 3 is 3.05 bits per heavy atom. The van der Waals surface area contributed by atoms with Crippen molar-refractivity contribution in [2.75, 3.05) is 11.9 Å². The number of anilines is 1. The van der Waals surface area contributed by atoms with E-state index >= 15 is 0 Å². The van der Waals surface area contributed by atoms with Crippen LogP contribution in [0.25, 0.3) is 0 Å². The van der Waals surface area contributed by atoms with Crippen molar-refractivity contribution >= 4 is 22.4 Å². The van der Waals surface area contributed by atoms with Crippen molar-refractivity contribution < 1.29 is 4.79 Å². The van der Waals surface area contributed by atoms with Crippen LogP contribution in [-0.4, -0.2) is 38.2 Å². The summed E-state index contributed by atoms with van der Waals surface area (Å²) in [6.07, 6.45) is 5.29. The monoisotopic (exact) mass is 280 g/mol. The molecule has 1 unspecified atom stereocenters. The van der Waals surface area contributed by atoms with Crippen molar-refractivity contribution in [3.05, 3.63) is 23.7 Å². The molecule has 1 amide bonds. The van der Waals surface area contributed by atoms with Gasteiger partial charge in [-0.2, -0.15) is 0 Å². The molecule has 0 aromatic carbocycles. The number of aromatic nitrogens is 4. The van der Waals surface area contributed by atoms with Gasteiger partial charge in [-0.05, 0) is 13.8 Å². The highest BCUT2D eigenvalue weighted by Crippen LogP contribution is 2.14. The first-order chi connectivity index (χ1) is 9.19. The molecular weight excluding hydrogens is 264 g/mol. The third kappa shape index (κ3) is 3.75. The van der Waals surface area contributed by atoms with Gasteiger partial charge in [0.05, 0.1) is 6.33 Å². The highest BCUT2D eigenvalue weighted by molar-refractivity contribution is 7.17. The molecule has 1 atom stereocenters. The fourth-order valence-corrected chi connectivity index (χ4v) is 2.29. The summed E-state index contributed by atoms with van der Waals surface area (Å²) in [4.78, 5) is 15.9. The number of hydrogen-bond acceptors (Lipinski definition) is 6. The molecule has 0 aliphatic heterocycles. The lowest BCUT2D eigenvalue weighted by Gasteiger charge is -2.12. The Labute approximate surface area is 115 Å². The van der Waals surface area contributed by atoms with Crippen molar-refractivity contribution in [3.8, 4) is 0 Å². The van der Waals surface area contributed by atoms with E-state index in [9.17, 15) is 4.79 Å². The van der Waals surface area contributed by atoms with Gasteiger partial charge in [-0.25, -0.2) is 4.98 Å². The Hall–Kier alpha value is -1.96. The topological polar surface area (TPSA) is 84.7 Å². The number of nitrogens with one attached hydrogen (secondary N) is 2. The lowest BCUT2D eigenvalue weighted by Crippen LogP contribution is -2.35. The van der Waals surface area contributed by atoms with Crippen LogP contribution in [-0.2, 0) is 6.54 Å². The maximum Gasteiger partial charge on any atom is 0.282 e. The second kappa shape index (κ2) is 6.28. The molecule has 0 spiro atoms. The van der Waals surface area contributed by atoms with Crippen molar-refractivity contribution in [1.29, 1.82) is 0 Å². The van der Waals surface area contributed by atoms with Crippen molar-refractivity contribution in [1.82, 2.24) is 25.1 Å². The van der Waals surface area contributed by atoms with Gasteiger partial charge in [-0.1, -0.05) is 11.3 Å². The van der Waals surface area contributed by atoms with E-state index in [1.165, 1.54) is 11.3 Å². The highest BCUT2D eigenvalue weighted by Gasteiger charge is 2.15. The predicted octanol–water partition coefficient (Wildman–Crippen LogP) is 0.985. The first-order valence-corrected chi connectivity index (χ1v) is 6.84. The van der Waals surface area contributed by atoms with Crippen LogP contribution in [0, 0.1) is 0 Å². The molecule has 2 rings (SSSR count). The Morgan fingerprint density at radius 2 is 2.37 bits per heavy atom. The van der Waals surface area contributed by atoms with Gasteiger partial charge in [0.15, 0.2) is 0 Å². The lowest BCUT2D eigenvalue weighted by molar-refractivity contribution is 0.0935. The third-order valence-electron chi connectivity index (χ3n) is 2.37. The number of amides is 1. The summed E-state index contributed by atoms with van der Waals surface area (Å²) < 4.78 is 1.91.